The van der Waals surface area contributed by atoms with Gasteiger partial charge in [0.25, 0.3) is 0 Å². The highest BCUT2D eigenvalue weighted by molar-refractivity contribution is 6.31. The summed E-state index contributed by atoms with van der Waals surface area (Å²) in [6, 6.07) is 18.0. The SMILES string of the molecule is COc1ccc(CNCc2ccc(OCc3ccc(F)cc3Cl)c(OC)c2)cc1. The van der Waals surface area contributed by atoms with Gasteiger partial charge in [-0.2, -0.15) is 0 Å². The molecule has 6 heteroatoms. The fourth-order valence-corrected chi connectivity index (χ4v) is 3.05. The number of hydrogen-bond donors (Lipinski definition) is 1. The van der Waals surface area contributed by atoms with Crippen LogP contribution in [0.2, 0.25) is 5.02 Å². The molecule has 0 aliphatic carbocycles. The van der Waals surface area contributed by atoms with E-state index < -0.39 is 0 Å². The van der Waals surface area contributed by atoms with E-state index in [0.29, 0.717) is 28.6 Å². The maximum Gasteiger partial charge on any atom is 0.161 e. The summed E-state index contributed by atoms with van der Waals surface area (Å²) in [5.41, 5.74) is 2.96. The zero-order valence-corrected chi connectivity index (χ0v) is 17.1. The topological polar surface area (TPSA) is 39.7 Å². The van der Waals surface area contributed by atoms with Gasteiger partial charge in [0.2, 0.25) is 0 Å². The van der Waals surface area contributed by atoms with Crippen LogP contribution < -0.4 is 19.5 Å². The third kappa shape index (κ3) is 5.86. The monoisotopic (exact) mass is 415 g/mol. The van der Waals surface area contributed by atoms with Crippen LogP contribution >= 0.6 is 11.6 Å². The van der Waals surface area contributed by atoms with E-state index in [0.717, 1.165) is 17.9 Å². The van der Waals surface area contributed by atoms with Crippen molar-refractivity contribution in [3.8, 4) is 17.2 Å². The Morgan fingerprint density at radius 2 is 1.55 bits per heavy atom. The highest BCUT2D eigenvalue weighted by Crippen LogP contribution is 2.30. The molecule has 0 heterocycles. The van der Waals surface area contributed by atoms with E-state index in [1.165, 1.54) is 17.7 Å². The van der Waals surface area contributed by atoms with Gasteiger partial charge in [-0.15, -0.1) is 0 Å². The van der Waals surface area contributed by atoms with Crippen LogP contribution in [0.15, 0.2) is 60.7 Å². The Hall–Kier alpha value is -2.76. The maximum absolute atomic E-state index is 13.2. The summed E-state index contributed by atoms with van der Waals surface area (Å²) in [6.45, 7) is 1.66. The lowest BCUT2D eigenvalue weighted by Crippen LogP contribution is -2.12. The highest BCUT2D eigenvalue weighted by atomic mass is 35.5. The first-order valence-electron chi connectivity index (χ1n) is 9.16. The Morgan fingerprint density at radius 3 is 2.24 bits per heavy atom. The summed E-state index contributed by atoms with van der Waals surface area (Å²) in [6.07, 6.45) is 0. The van der Waals surface area contributed by atoms with Gasteiger partial charge in [0.15, 0.2) is 11.5 Å². The molecule has 0 spiro atoms. The van der Waals surface area contributed by atoms with Gasteiger partial charge in [0.1, 0.15) is 18.2 Å². The van der Waals surface area contributed by atoms with Gasteiger partial charge in [-0.05, 0) is 47.5 Å². The Morgan fingerprint density at radius 1 is 0.828 bits per heavy atom. The average molecular weight is 416 g/mol. The van der Waals surface area contributed by atoms with E-state index in [2.05, 4.69) is 5.32 Å². The number of methoxy groups -OCH3 is 2. The minimum absolute atomic E-state index is 0.227. The first kappa shape index (κ1) is 21.0. The molecule has 0 unspecified atom stereocenters. The van der Waals surface area contributed by atoms with Crippen molar-refractivity contribution in [2.24, 2.45) is 0 Å². The molecule has 1 N–H and O–H groups in total. The largest absolute Gasteiger partial charge is 0.497 e. The molecule has 0 saturated heterocycles. The molecular weight excluding hydrogens is 393 g/mol. The second-order valence-electron chi connectivity index (χ2n) is 6.46. The van der Waals surface area contributed by atoms with Crippen LogP contribution in [-0.4, -0.2) is 14.2 Å². The molecule has 0 aliphatic heterocycles. The summed E-state index contributed by atoms with van der Waals surface area (Å²) in [7, 11) is 3.25. The molecular formula is C23H23ClFNO3. The predicted molar refractivity (Wildman–Crippen MR) is 112 cm³/mol. The smallest absolute Gasteiger partial charge is 0.161 e. The fraction of sp³-hybridized carbons (Fsp3) is 0.217. The minimum Gasteiger partial charge on any atom is -0.497 e. The lowest BCUT2D eigenvalue weighted by Gasteiger charge is -2.13. The zero-order chi connectivity index (χ0) is 20.6. The Kier molecular flexibility index (Phi) is 7.33. The van der Waals surface area contributed by atoms with Crippen LogP contribution in [0.1, 0.15) is 16.7 Å². The molecule has 3 aromatic rings. The molecule has 4 nitrogen and oxygen atoms in total. The second kappa shape index (κ2) is 10.1. The quantitative estimate of drug-likeness (QED) is 0.510. The summed E-state index contributed by atoms with van der Waals surface area (Å²) in [5.74, 6) is 1.71. The molecule has 152 valence electrons. The van der Waals surface area contributed by atoms with Crippen LogP contribution in [-0.2, 0) is 19.7 Å². The van der Waals surface area contributed by atoms with Crippen molar-refractivity contribution in [2.75, 3.05) is 14.2 Å². The second-order valence-corrected chi connectivity index (χ2v) is 6.87. The fourth-order valence-electron chi connectivity index (χ4n) is 2.83. The minimum atomic E-state index is -0.372. The van der Waals surface area contributed by atoms with E-state index in [1.54, 1.807) is 20.3 Å². The maximum atomic E-state index is 13.2. The third-order valence-electron chi connectivity index (χ3n) is 4.44. The number of halogens is 2. The number of ether oxygens (including phenoxy) is 3. The highest BCUT2D eigenvalue weighted by Gasteiger charge is 2.08. The van der Waals surface area contributed by atoms with E-state index in [1.807, 2.05) is 42.5 Å². The summed E-state index contributed by atoms with van der Waals surface area (Å²) >= 11 is 6.05. The van der Waals surface area contributed by atoms with Crippen molar-refractivity contribution >= 4 is 11.6 Å². The number of rotatable bonds is 9. The van der Waals surface area contributed by atoms with Gasteiger partial charge in [0.05, 0.1) is 19.2 Å². The van der Waals surface area contributed by atoms with E-state index in [9.17, 15) is 4.39 Å². The zero-order valence-electron chi connectivity index (χ0n) is 16.4. The molecule has 0 fully saturated rings. The van der Waals surface area contributed by atoms with Gasteiger partial charge < -0.3 is 19.5 Å². The van der Waals surface area contributed by atoms with Crippen molar-refractivity contribution in [3.05, 3.63) is 88.2 Å². The van der Waals surface area contributed by atoms with Crippen LogP contribution in [0.4, 0.5) is 4.39 Å². The lowest BCUT2D eigenvalue weighted by molar-refractivity contribution is 0.284. The van der Waals surface area contributed by atoms with E-state index in [4.69, 9.17) is 25.8 Å². The number of benzene rings is 3. The van der Waals surface area contributed by atoms with Crippen LogP contribution in [0.25, 0.3) is 0 Å². The van der Waals surface area contributed by atoms with Gasteiger partial charge in [0, 0.05) is 18.7 Å². The number of nitrogens with one attached hydrogen (secondary N) is 1. The van der Waals surface area contributed by atoms with Crippen molar-refractivity contribution in [1.82, 2.24) is 5.32 Å². The van der Waals surface area contributed by atoms with Gasteiger partial charge in [-0.25, -0.2) is 4.39 Å². The van der Waals surface area contributed by atoms with Crippen LogP contribution in [0, 0.1) is 5.82 Å². The molecule has 3 rings (SSSR count). The molecule has 0 aliphatic rings. The average Bonchev–Trinajstić information content (AvgIpc) is 2.74. The van der Waals surface area contributed by atoms with Crippen molar-refractivity contribution in [3.63, 3.8) is 0 Å². The molecule has 29 heavy (non-hydrogen) atoms. The first-order valence-corrected chi connectivity index (χ1v) is 9.54. The molecule has 0 saturated carbocycles. The first-order chi connectivity index (χ1) is 14.1. The van der Waals surface area contributed by atoms with E-state index >= 15 is 0 Å². The summed E-state index contributed by atoms with van der Waals surface area (Å²) < 4.78 is 29.6. The Balaban J connectivity index is 1.57. The van der Waals surface area contributed by atoms with Crippen molar-refractivity contribution in [1.29, 1.82) is 0 Å². The predicted octanol–water partition coefficient (Wildman–Crippen LogP) is 5.37. The molecule has 0 atom stereocenters. The van der Waals surface area contributed by atoms with E-state index in [-0.39, 0.29) is 12.4 Å². The Labute approximate surface area is 175 Å². The molecule has 0 bridgehead atoms. The standard InChI is InChI=1S/C23H23ClFNO3/c1-27-20-8-3-16(4-9-20)13-26-14-17-5-10-22(23(11-17)28-2)29-15-18-6-7-19(25)12-21(18)24/h3-12,26H,13-15H2,1-2H3. The normalized spacial score (nSPS) is 10.6. The molecule has 0 aromatic heterocycles. The van der Waals surface area contributed by atoms with Gasteiger partial charge in [-0.3, -0.25) is 0 Å². The van der Waals surface area contributed by atoms with Gasteiger partial charge >= 0.3 is 0 Å². The van der Waals surface area contributed by atoms with Gasteiger partial charge in [-0.1, -0.05) is 35.9 Å². The summed E-state index contributed by atoms with van der Waals surface area (Å²) in [4.78, 5) is 0. The lowest BCUT2D eigenvalue weighted by atomic mass is 10.1. The number of hydrogen-bond acceptors (Lipinski definition) is 4. The molecule has 0 radical (unpaired) electrons. The van der Waals surface area contributed by atoms with Crippen LogP contribution in [0.3, 0.4) is 0 Å². The van der Waals surface area contributed by atoms with Crippen molar-refractivity contribution in [2.45, 2.75) is 19.7 Å². The molecule has 3 aromatic carbocycles. The third-order valence-corrected chi connectivity index (χ3v) is 4.80. The van der Waals surface area contributed by atoms with Crippen LogP contribution in [0.5, 0.6) is 17.2 Å². The summed E-state index contributed by atoms with van der Waals surface area (Å²) in [5, 5.41) is 3.74. The Bertz CT molecular complexity index is 947. The molecule has 0 amide bonds. The van der Waals surface area contributed by atoms with Crippen molar-refractivity contribution < 1.29 is 18.6 Å².